The van der Waals surface area contributed by atoms with Crippen LogP contribution in [-0.4, -0.2) is 39.3 Å². The van der Waals surface area contributed by atoms with Crippen LogP contribution < -0.4 is 4.90 Å². The highest BCUT2D eigenvalue weighted by Crippen LogP contribution is 2.18. The minimum Gasteiger partial charge on any atom is -0.311 e. The van der Waals surface area contributed by atoms with Crippen LogP contribution in [0, 0.1) is 0 Å². The molecule has 25 heavy (non-hydrogen) atoms. The van der Waals surface area contributed by atoms with Gasteiger partial charge in [-0.05, 0) is 42.8 Å². The Morgan fingerprint density at radius 1 is 0.960 bits per heavy atom. The number of hydrogen-bond acceptors (Lipinski definition) is 3. The predicted molar refractivity (Wildman–Crippen MR) is 100 cm³/mol. The third kappa shape index (κ3) is 4.46. The minimum atomic E-state index is -3.52. The zero-order valence-corrected chi connectivity index (χ0v) is 15.7. The van der Waals surface area contributed by atoms with Gasteiger partial charge in [-0.3, -0.25) is 4.79 Å². The average Bonchev–Trinajstić information content (AvgIpc) is 2.65. The van der Waals surface area contributed by atoms with Gasteiger partial charge in [-0.2, -0.15) is 0 Å². The first-order chi connectivity index (χ1) is 11.9. The summed E-state index contributed by atoms with van der Waals surface area (Å²) in [5.74, 6) is -0.186. The van der Waals surface area contributed by atoms with Crippen LogP contribution >= 0.6 is 0 Å². The maximum Gasteiger partial charge on any atom is 0.258 e. The van der Waals surface area contributed by atoms with E-state index < -0.39 is 10.0 Å². The van der Waals surface area contributed by atoms with E-state index in [1.54, 1.807) is 26.2 Å². The van der Waals surface area contributed by atoms with Crippen LogP contribution in [0.3, 0.4) is 0 Å². The van der Waals surface area contributed by atoms with Gasteiger partial charge in [0.25, 0.3) is 5.91 Å². The van der Waals surface area contributed by atoms with Crippen LogP contribution in [0.15, 0.2) is 59.5 Å². The largest absolute Gasteiger partial charge is 0.311 e. The second-order valence-corrected chi connectivity index (χ2v) is 7.95. The number of rotatable bonds is 7. The van der Waals surface area contributed by atoms with Gasteiger partial charge in [0.1, 0.15) is 0 Å². The molecular weight excluding hydrogens is 336 g/mol. The van der Waals surface area contributed by atoms with Crippen LogP contribution in [0.1, 0.15) is 30.1 Å². The summed E-state index contributed by atoms with van der Waals surface area (Å²) in [7, 11) is -0.246. The molecule has 2 rings (SSSR count). The first-order valence-electron chi connectivity index (χ1n) is 8.27. The molecule has 6 heteroatoms. The third-order valence-corrected chi connectivity index (χ3v) is 5.96. The lowest BCUT2D eigenvalue weighted by Crippen LogP contribution is -2.28. The lowest BCUT2D eigenvalue weighted by atomic mass is 10.2. The zero-order valence-electron chi connectivity index (χ0n) is 14.8. The molecule has 0 N–H and O–H groups in total. The standard InChI is InChI=1S/C19H24N2O3S/c1-4-5-15-20(2)25(23,24)18-13-11-16(12-14-18)19(22)21(3)17-9-7-6-8-10-17/h6-14H,4-5,15H2,1-3H3. The summed E-state index contributed by atoms with van der Waals surface area (Å²) in [5.41, 5.74) is 1.23. The molecule has 0 fully saturated rings. The Morgan fingerprint density at radius 3 is 2.12 bits per heavy atom. The van der Waals surface area contributed by atoms with Crippen LogP contribution in [0.5, 0.6) is 0 Å². The molecule has 0 saturated heterocycles. The van der Waals surface area contributed by atoms with Crippen molar-refractivity contribution in [2.45, 2.75) is 24.7 Å². The molecule has 0 aliphatic rings. The molecule has 0 spiro atoms. The zero-order chi connectivity index (χ0) is 18.4. The van der Waals surface area contributed by atoms with E-state index in [2.05, 4.69) is 0 Å². The normalized spacial score (nSPS) is 11.5. The summed E-state index contributed by atoms with van der Waals surface area (Å²) in [6.45, 7) is 2.50. The number of para-hydroxylation sites is 1. The van der Waals surface area contributed by atoms with Gasteiger partial charge in [0, 0.05) is 31.9 Å². The molecule has 0 aromatic heterocycles. The Bertz CT molecular complexity index is 802. The van der Waals surface area contributed by atoms with Gasteiger partial charge in [0.15, 0.2) is 0 Å². The van der Waals surface area contributed by atoms with Gasteiger partial charge >= 0.3 is 0 Å². The highest BCUT2D eigenvalue weighted by atomic mass is 32.2. The maximum absolute atomic E-state index is 12.5. The second kappa shape index (κ2) is 8.27. The molecule has 0 heterocycles. The van der Waals surface area contributed by atoms with Gasteiger partial charge in [0.2, 0.25) is 10.0 Å². The molecule has 2 aromatic carbocycles. The van der Waals surface area contributed by atoms with Gasteiger partial charge in [-0.25, -0.2) is 12.7 Å². The van der Waals surface area contributed by atoms with Gasteiger partial charge in [0.05, 0.1) is 4.90 Å². The van der Waals surface area contributed by atoms with E-state index in [0.29, 0.717) is 12.1 Å². The number of benzene rings is 2. The summed E-state index contributed by atoms with van der Waals surface area (Å²) in [6, 6.07) is 15.4. The summed E-state index contributed by atoms with van der Waals surface area (Å²) in [4.78, 5) is 14.3. The van der Waals surface area contributed by atoms with Crippen LogP contribution in [0.25, 0.3) is 0 Å². The van der Waals surface area contributed by atoms with Crippen molar-refractivity contribution in [2.75, 3.05) is 25.5 Å². The summed E-state index contributed by atoms with van der Waals surface area (Å²) < 4.78 is 26.4. The topological polar surface area (TPSA) is 57.7 Å². The molecule has 134 valence electrons. The fourth-order valence-electron chi connectivity index (χ4n) is 2.41. The molecule has 0 aliphatic heterocycles. The van der Waals surface area contributed by atoms with Crippen molar-refractivity contribution in [1.29, 1.82) is 0 Å². The number of carbonyl (C=O) groups is 1. The highest BCUT2D eigenvalue weighted by Gasteiger charge is 2.21. The van der Waals surface area contributed by atoms with Crippen molar-refractivity contribution in [3.8, 4) is 0 Å². The van der Waals surface area contributed by atoms with Crippen LogP contribution in [-0.2, 0) is 10.0 Å². The van der Waals surface area contributed by atoms with Crippen molar-refractivity contribution in [2.24, 2.45) is 0 Å². The van der Waals surface area contributed by atoms with Gasteiger partial charge in [-0.15, -0.1) is 0 Å². The first kappa shape index (κ1) is 19.1. The number of anilines is 1. The van der Waals surface area contributed by atoms with E-state index in [9.17, 15) is 13.2 Å². The number of amides is 1. The fourth-order valence-corrected chi connectivity index (χ4v) is 3.62. The lowest BCUT2D eigenvalue weighted by molar-refractivity contribution is 0.0993. The van der Waals surface area contributed by atoms with E-state index in [1.807, 2.05) is 37.3 Å². The van der Waals surface area contributed by atoms with Crippen LogP contribution in [0.2, 0.25) is 0 Å². The smallest absolute Gasteiger partial charge is 0.258 e. The van der Waals surface area contributed by atoms with Crippen molar-refractivity contribution in [1.82, 2.24) is 4.31 Å². The SMILES string of the molecule is CCCCN(C)S(=O)(=O)c1ccc(C(=O)N(C)c2ccccc2)cc1. The molecule has 2 aromatic rings. The Balaban J connectivity index is 2.18. The number of carbonyl (C=O) groups excluding carboxylic acids is 1. The Hall–Kier alpha value is -2.18. The molecule has 0 bridgehead atoms. The first-order valence-corrected chi connectivity index (χ1v) is 9.71. The number of hydrogen-bond donors (Lipinski definition) is 0. The molecule has 0 aliphatic carbocycles. The summed E-state index contributed by atoms with van der Waals surface area (Å²) in [6.07, 6.45) is 1.74. The predicted octanol–water partition coefficient (Wildman–Crippen LogP) is 3.38. The van der Waals surface area contributed by atoms with E-state index in [-0.39, 0.29) is 10.8 Å². The summed E-state index contributed by atoms with van der Waals surface area (Å²) >= 11 is 0. The monoisotopic (exact) mass is 360 g/mol. The second-order valence-electron chi connectivity index (χ2n) is 5.90. The quantitative estimate of drug-likeness (QED) is 0.760. The molecular formula is C19H24N2O3S. The molecule has 0 atom stereocenters. The molecule has 0 unspecified atom stereocenters. The molecule has 0 radical (unpaired) electrons. The van der Waals surface area contributed by atoms with Crippen molar-refractivity contribution in [3.05, 3.63) is 60.2 Å². The van der Waals surface area contributed by atoms with E-state index in [0.717, 1.165) is 18.5 Å². The van der Waals surface area contributed by atoms with E-state index in [4.69, 9.17) is 0 Å². The van der Waals surface area contributed by atoms with Gasteiger partial charge < -0.3 is 4.90 Å². The fraction of sp³-hybridized carbons (Fsp3) is 0.316. The van der Waals surface area contributed by atoms with Crippen molar-refractivity contribution >= 4 is 21.6 Å². The van der Waals surface area contributed by atoms with Crippen LogP contribution in [0.4, 0.5) is 5.69 Å². The molecule has 0 saturated carbocycles. The Kier molecular flexibility index (Phi) is 6.33. The van der Waals surface area contributed by atoms with Gasteiger partial charge in [-0.1, -0.05) is 31.5 Å². The third-order valence-electron chi connectivity index (χ3n) is 4.08. The Morgan fingerprint density at radius 2 is 1.56 bits per heavy atom. The van der Waals surface area contributed by atoms with E-state index >= 15 is 0 Å². The van der Waals surface area contributed by atoms with E-state index in [1.165, 1.54) is 21.3 Å². The number of nitrogens with zero attached hydrogens (tertiary/aromatic N) is 2. The number of unbranched alkanes of at least 4 members (excludes halogenated alkanes) is 1. The maximum atomic E-state index is 12.5. The number of sulfonamides is 1. The molecule has 5 nitrogen and oxygen atoms in total. The minimum absolute atomic E-state index is 0.186. The lowest BCUT2D eigenvalue weighted by Gasteiger charge is -2.19. The summed E-state index contributed by atoms with van der Waals surface area (Å²) in [5, 5.41) is 0. The van der Waals surface area contributed by atoms with Crippen molar-refractivity contribution in [3.63, 3.8) is 0 Å². The average molecular weight is 360 g/mol. The van der Waals surface area contributed by atoms with Crippen molar-refractivity contribution < 1.29 is 13.2 Å². The Labute approximate surface area is 149 Å². The highest BCUT2D eigenvalue weighted by molar-refractivity contribution is 7.89. The molecule has 1 amide bonds.